The van der Waals surface area contributed by atoms with Gasteiger partial charge in [0.1, 0.15) is 5.82 Å². The van der Waals surface area contributed by atoms with E-state index in [9.17, 15) is 8.78 Å². The first kappa shape index (κ1) is 13.3. The van der Waals surface area contributed by atoms with Crippen molar-refractivity contribution in [1.29, 1.82) is 0 Å². The second-order valence-corrected chi connectivity index (χ2v) is 4.27. The fraction of sp³-hybridized carbons (Fsp3) is 0.200. The highest BCUT2D eigenvalue weighted by Crippen LogP contribution is 2.25. The maximum atomic E-state index is 13.3. The summed E-state index contributed by atoms with van der Waals surface area (Å²) in [6.45, 7) is 1.94. The number of ether oxygens (including phenoxy) is 1. The van der Waals surface area contributed by atoms with E-state index < -0.39 is 0 Å². The van der Waals surface area contributed by atoms with Crippen molar-refractivity contribution in [2.45, 2.75) is 13.0 Å². The first-order valence-corrected chi connectivity index (χ1v) is 5.95. The molecule has 0 saturated heterocycles. The molecule has 0 saturated carbocycles. The van der Waals surface area contributed by atoms with Crippen LogP contribution in [0, 0.1) is 11.6 Å². The number of benzene rings is 2. The lowest BCUT2D eigenvalue weighted by atomic mass is 10.1. The first-order chi connectivity index (χ1) is 9.10. The first-order valence-electron chi connectivity index (χ1n) is 5.95. The van der Waals surface area contributed by atoms with Gasteiger partial charge in [-0.2, -0.15) is 0 Å². The Hall–Kier alpha value is -2.10. The van der Waals surface area contributed by atoms with Crippen molar-refractivity contribution in [3.8, 4) is 5.75 Å². The second kappa shape index (κ2) is 5.69. The number of anilines is 1. The van der Waals surface area contributed by atoms with E-state index in [-0.39, 0.29) is 23.4 Å². The molecule has 2 aromatic carbocycles. The predicted molar refractivity (Wildman–Crippen MR) is 71.4 cm³/mol. The third kappa shape index (κ3) is 3.22. The molecule has 1 unspecified atom stereocenters. The minimum atomic E-state index is -0.389. The minimum absolute atomic E-state index is 0.0417. The molecule has 0 heterocycles. The number of hydrogen-bond donors (Lipinski definition) is 1. The molecule has 0 aliphatic rings. The van der Waals surface area contributed by atoms with Gasteiger partial charge in [-0.1, -0.05) is 6.07 Å². The maximum Gasteiger partial charge on any atom is 0.165 e. The number of hydrogen-bond acceptors (Lipinski definition) is 2. The van der Waals surface area contributed by atoms with Gasteiger partial charge in [0.2, 0.25) is 0 Å². The molecule has 0 amide bonds. The Kier molecular flexibility index (Phi) is 4.00. The molecule has 2 aromatic rings. The van der Waals surface area contributed by atoms with Crippen molar-refractivity contribution >= 4 is 5.69 Å². The Morgan fingerprint density at radius 1 is 1.05 bits per heavy atom. The Morgan fingerprint density at radius 2 is 1.74 bits per heavy atom. The third-order valence-electron chi connectivity index (χ3n) is 2.90. The van der Waals surface area contributed by atoms with E-state index in [0.29, 0.717) is 0 Å². The standard InChI is InChI=1S/C15H15F2NO/c1-10(18-13-6-4-12(16)5-7-13)11-3-8-14(17)15(9-11)19-2/h3-10,18H,1-2H3. The van der Waals surface area contributed by atoms with Gasteiger partial charge in [0.15, 0.2) is 11.6 Å². The summed E-state index contributed by atoms with van der Waals surface area (Å²) in [5.41, 5.74) is 1.69. The Labute approximate surface area is 111 Å². The summed E-state index contributed by atoms with van der Waals surface area (Å²) < 4.78 is 31.1. The summed E-state index contributed by atoms with van der Waals surface area (Å²) in [4.78, 5) is 0. The van der Waals surface area contributed by atoms with Crippen molar-refractivity contribution in [1.82, 2.24) is 0 Å². The van der Waals surface area contributed by atoms with Crippen molar-refractivity contribution in [2.75, 3.05) is 12.4 Å². The SMILES string of the molecule is COc1cc(C(C)Nc2ccc(F)cc2)ccc1F. The summed E-state index contributed by atoms with van der Waals surface area (Å²) >= 11 is 0. The monoisotopic (exact) mass is 263 g/mol. The third-order valence-corrected chi connectivity index (χ3v) is 2.90. The van der Waals surface area contributed by atoms with E-state index in [2.05, 4.69) is 5.32 Å². The second-order valence-electron chi connectivity index (χ2n) is 4.27. The van der Waals surface area contributed by atoms with Crippen molar-refractivity contribution in [3.63, 3.8) is 0 Å². The van der Waals surface area contributed by atoms with Crippen LogP contribution < -0.4 is 10.1 Å². The highest BCUT2D eigenvalue weighted by molar-refractivity contribution is 5.46. The van der Waals surface area contributed by atoms with E-state index in [1.54, 1.807) is 24.3 Å². The molecule has 19 heavy (non-hydrogen) atoms. The van der Waals surface area contributed by atoms with Crippen LogP contribution in [-0.2, 0) is 0 Å². The van der Waals surface area contributed by atoms with Crippen LogP contribution >= 0.6 is 0 Å². The average molecular weight is 263 g/mol. The topological polar surface area (TPSA) is 21.3 Å². The molecule has 1 N–H and O–H groups in total. The fourth-order valence-electron chi connectivity index (χ4n) is 1.83. The van der Waals surface area contributed by atoms with Crippen LogP contribution in [0.15, 0.2) is 42.5 Å². The number of methoxy groups -OCH3 is 1. The molecule has 0 aliphatic carbocycles. The molecule has 0 bridgehead atoms. The summed E-state index contributed by atoms with van der Waals surface area (Å²) in [5, 5.41) is 3.21. The molecule has 0 radical (unpaired) electrons. The lowest BCUT2D eigenvalue weighted by molar-refractivity contribution is 0.385. The largest absolute Gasteiger partial charge is 0.494 e. The molecule has 1 atom stereocenters. The Balaban J connectivity index is 2.15. The van der Waals surface area contributed by atoms with E-state index in [1.807, 2.05) is 6.92 Å². The normalized spacial score (nSPS) is 12.0. The molecule has 2 nitrogen and oxygen atoms in total. The van der Waals surface area contributed by atoms with Crippen LogP contribution in [0.25, 0.3) is 0 Å². The molecule has 0 fully saturated rings. The molecule has 0 aromatic heterocycles. The van der Waals surface area contributed by atoms with Crippen LogP contribution in [0.1, 0.15) is 18.5 Å². The van der Waals surface area contributed by atoms with Gasteiger partial charge in [-0.3, -0.25) is 0 Å². The van der Waals surface area contributed by atoms with Crippen LogP contribution in [-0.4, -0.2) is 7.11 Å². The molecule has 2 rings (SSSR count). The summed E-state index contributed by atoms with van der Waals surface area (Å²) in [6.07, 6.45) is 0. The minimum Gasteiger partial charge on any atom is -0.494 e. The lowest BCUT2D eigenvalue weighted by Crippen LogP contribution is -2.07. The molecular weight excluding hydrogens is 248 g/mol. The average Bonchev–Trinajstić information content (AvgIpc) is 2.42. The van der Waals surface area contributed by atoms with Gasteiger partial charge in [0, 0.05) is 11.7 Å². The fourth-order valence-corrected chi connectivity index (χ4v) is 1.83. The summed E-state index contributed by atoms with van der Waals surface area (Å²) in [7, 11) is 1.43. The van der Waals surface area contributed by atoms with E-state index >= 15 is 0 Å². The van der Waals surface area contributed by atoms with Gasteiger partial charge >= 0.3 is 0 Å². The van der Waals surface area contributed by atoms with Gasteiger partial charge in [0.25, 0.3) is 0 Å². The maximum absolute atomic E-state index is 13.3. The zero-order valence-corrected chi connectivity index (χ0v) is 10.8. The zero-order valence-electron chi connectivity index (χ0n) is 10.8. The van der Waals surface area contributed by atoms with Crippen LogP contribution in [0.3, 0.4) is 0 Å². The Morgan fingerprint density at radius 3 is 2.37 bits per heavy atom. The highest BCUT2D eigenvalue weighted by Gasteiger charge is 2.09. The van der Waals surface area contributed by atoms with Crippen LogP contribution in [0.2, 0.25) is 0 Å². The number of nitrogens with one attached hydrogen (secondary N) is 1. The predicted octanol–water partition coefficient (Wildman–Crippen LogP) is 4.15. The van der Waals surface area contributed by atoms with E-state index in [0.717, 1.165) is 11.3 Å². The van der Waals surface area contributed by atoms with E-state index in [1.165, 1.54) is 25.3 Å². The molecular formula is C15H15F2NO. The molecule has 0 spiro atoms. The van der Waals surface area contributed by atoms with Gasteiger partial charge in [-0.25, -0.2) is 8.78 Å². The smallest absolute Gasteiger partial charge is 0.165 e. The van der Waals surface area contributed by atoms with Gasteiger partial charge in [-0.05, 0) is 48.9 Å². The Bertz CT molecular complexity index is 555. The van der Waals surface area contributed by atoms with Gasteiger partial charge < -0.3 is 10.1 Å². The van der Waals surface area contributed by atoms with Crippen molar-refractivity contribution < 1.29 is 13.5 Å². The van der Waals surface area contributed by atoms with Crippen molar-refractivity contribution in [2.24, 2.45) is 0 Å². The molecule has 100 valence electrons. The van der Waals surface area contributed by atoms with Gasteiger partial charge in [-0.15, -0.1) is 0 Å². The zero-order chi connectivity index (χ0) is 13.8. The van der Waals surface area contributed by atoms with Crippen LogP contribution in [0.4, 0.5) is 14.5 Å². The van der Waals surface area contributed by atoms with Crippen molar-refractivity contribution in [3.05, 3.63) is 59.7 Å². The van der Waals surface area contributed by atoms with Crippen LogP contribution in [0.5, 0.6) is 5.75 Å². The van der Waals surface area contributed by atoms with E-state index in [4.69, 9.17) is 4.74 Å². The number of halogens is 2. The molecule has 0 aliphatic heterocycles. The molecule has 4 heteroatoms. The summed E-state index contributed by atoms with van der Waals surface area (Å²) in [6, 6.07) is 10.8. The summed E-state index contributed by atoms with van der Waals surface area (Å²) in [5.74, 6) is -0.452. The van der Waals surface area contributed by atoms with Gasteiger partial charge in [0.05, 0.1) is 7.11 Å². The highest BCUT2D eigenvalue weighted by atomic mass is 19.1. The lowest BCUT2D eigenvalue weighted by Gasteiger charge is -2.16. The quantitative estimate of drug-likeness (QED) is 0.894. The number of rotatable bonds is 4.